The second kappa shape index (κ2) is 2.96. The van der Waals surface area contributed by atoms with Gasteiger partial charge in [0.1, 0.15) is 0 Å². The summed E-state index contributed by atoms with van der Waals surface area (Å²) in [6.07, 6.45) is 8.03. The summed E-state index contributed by atoms with van der Waals surface area (Å²) in [6, 6.07) is 0. The number of nitrogens with zero attached hydrogens (tertiary/aromatic N) is 1. The van der Waals surface area contributed by atoms with E-state index in [0.29, 0.717) is 6.10 Å². The molecule has 1 unspecified atom stereocenters. The Morgan fingerprint density at radius 3 is 2.31 bits per heavy atom. The first-order valence-electron chi connectivity index (χ1n) is 5.70. The van der Waals surface area contributed by atoms with Gasteiger partial charge in [-0.25, -0.2) is 0 Å². The van der Waals surface area contributed by atoms with Crippen LogP contribution >= 0.6 is 0 Å². The summed E-state index contributed by atoms with van der Waals surface area (Å²) >= 11 is 0. The maximum absolute atomic E-state index is 5.26. The van der Waals surface area contributed by atoms with E-state index in [9.17, 15) is 0 Å². The summed E-state index contributed by atoms with van der Waals surface area (Å²) in [6.45, 7) is 4.89. The van der Waals surface area contributed by atoms with Gasteiger partial charge in [-0.05, 0) is 44.2 Å². The molecule has 0 amide bonds. The molecular weight excluding hydrogens is 162 g/mol. The zero-order chi connectivity index (χ0) is 8.73. The maximum atomic E-state index is 5.26. The van der Waals surface area contributed by atoms with E-state index in [1.54, 1.807) is 0 Å². The zero-order valence-corrected chi connectivity index (χ0v) is 8.30. The van der Waals surface area contributed by atoms with Crippen molar-refractivity contribution in [2.75, 3.05) is 26.2 Å². The van der Waals surface area contributed by atoms with Gasteiger partial charge in [-0.1, -0.05) is 6.42 Å². The van der Waals surface area contributed by atoms with Gasteiger partial charge in [-0.2, -0.15) is 0 Å². The highest BCUT2D eigenvalue weighted by atomic mass is 16.6. The summed E-state index contributed by atoms with van der Waals surface area (Å²) < 4.78 is 5.26. The molecule has 0 radical (unpaired) electrons. The molecule has 2 heterocycles. The highest BCUT2D eigenvalue weighted by molar-refractivity contribution is 4.92. The molecule has 0 aromatic rings. The van der Waals surface area contributed by atoms with Gasteiger partial charge in [-0.15, -0.1) is 0 Å². The Morgan fingerprint density at radius 1 is 1.15 bits per heavy atom. The monoisotopic (exact) mass is 181 g/mol. The van der Waals surface area contributed by atoms with E-state index in [1.807, 2.05) is 0 Å². The molecule has 2 heteroatoms. The van der Waals surface area contributed by atoms with Gasteiger partial charge in [0, 0.05) is 6.54 Å². The molecule has 74 valence electrons. The molecule has 1 saturated carbocycles. The fourth-order valence-electron chi connectivity index (χ4n) is 2.85. The lowest BCUT2D eigenvalue weighted by Gasteiger charge is -2.48. The van der Waals surface area contributed by atoms with Crippen LogP contribution in [0.3, 0.4) is 0 Å². The Morgan fingerprint density at radius 2 is 1.85 bits per heavy atom. The van der Waals surface area contributed by atoms with Crippen molar-refractivity contribution in [3.63, 3.8) is 0 Å². The average molecular weight is 181 g/mol. The van der Waals surface area contributed by atoms with E-state index in [0.717, 1.165) is 12.0 Å². The maximum Gasteiger partial charge on any atom is 0.0936 e. The normalized spacial score (nSPS) is 37.4. The van der Waals surface area contributed by atoms with E-state index < -0.39 is 0 Å². The third-order valence-corrected chi connectivity index (χ3v) is 4.20. The van der Waals surface area contributed by atoms with Crippen molar-refractivity contribution < 1.29 is 4.74 Å². The van der Waals surface area contributed by atoms with Gasteiger partial charge in [-0.3, -0.25) is 0 Å². The molecule has 1 aliphatic carbocycles. The molecule has 3 rings (SSSR count). The molecule has 3 aliphatic rings. The van der Waals surface area contributed by atoms with Gasteiger partial charge in [0.15, 0.2) is 0 Å². The van der Waals surface area contributed by atoms with Crippen LogP contribution in [0.25, 0.3) is 0 Å². The Hall–Kier alpha value is -0.0800. The number of hydrogen-bond acceptors (Lipinski definition) is 2. The molecule has 1 atom stereocenters. The van der Waals surface area contributed by atoms with Crippen molar-refractivity contribution >= 4 is 0 Å². The van der Waals surface area contributed by atoms with Crippen LogP contribution in [0.2, 0.25) is 0 Å². The molecule has 2 saturated heterocycles. The van der Waals surface area contributed by atoms with Crippen LogP contribution < -0.4 is 0 Å². The van der Waals surface area contributed by atoms with Crippen molar-refractivity contribution in [3.05, 3.63) is 0 Å². The van der Waals surface area contributed by atoms with Gasteiger partial charge < -0.3 is 9.64 Å². The van der Waals surface area contributed by atoms with Gasteiger partial charge in [0.05, 0.1) is 12.7 Å². The summed E-state index contributed by atoms with van der Waals surface area (Å²) in [4.78, 5) is 2.60. The van der Waals surface area contributed by atoms with Crippen molar-refractivity contribution in [1.29, 1.82) is 0 Å². The second-order valence-corrected chi connectivity index (χ2v) is 5.11. The van der Waals surface area contributed by atoms with Crippen LogP contribution in [-0.2, 0) is 4.74 Å². The number of epoxide rings is 1. The molecule has 1 spiro atoms. The smallest absolute Gasteiger partial charge is 0.0936 e. The molecule has 13 heavy (non-hydrogen) atoms. The van der Waals surface area contributed by atoms with E-state index in [1.165, 1.54) is 51.7 Å². The van der Waals surface area contributed by atoms with E-state index in [-0.39, 0.29) is 0 Å². The molecule has 3 fully saturated rings. The Balaban J connectivity index is 1.48. The van der Waals surface area contributed by atoms with Gasteiger partial charge in [0.25, 0.3) is 0 Å². The Bertz CT molecular complexity index is 186. The first-order valence-corrected chi connectivity index (χ1v) is 5.70. The summed E-state index contributed by atoms with van der Waals surface area (Å²) in [7, 11) is 0. The van der Waals surface area contributed by atoms with Crippen LogP contribution in [-0.4, -0.2) is 37.2 Å². The third-order valence-electron chi connectivity index (χ3n) is 4.20. The quantitative estimate of drug-likeness (QED) is 0.602. The lowest BCUT2D eigenvalue weighted by Crippen LogP contribution is -2.44. The van der Waals surface area contributed by atoms with Crippen molar-refractivity contribution in [2.45, 2.75) is 38.2 Å². The fraction of sp³-hybridized carbons (Fsp3) is 1.00. The molecule has 2 aliphatic heterocycles. The zero-order valence-electron chi connectivity index (χ0n) is 8.30. The number of piperidine rings is 1. The molecule has 0 aromatic heterocycles. The van der Waals surface area contributed by atoms with Crippen molar-refractivity contribution in [1.82, 2.24) is 4.90 Å². The first kappa shape index (κ1) is 8.25. The van der Waals surface area contributed by atoms with Gasteiger partial charge >= 0.3 is 0 Å². The lowest BCUT2D eigenvalue weighted by atomic mass is 9.63. The highest BCUT2D eigenvalue weighted by Gasteiger charge is 2.40. The molecular formula is C11H19NO. The number of ether oxygens (including phenoxy) is 1. The largest absolute Gasteiger partial charge is 0.372 e. The Labute approximate surface area is 80.2 Å². The number of hydrogen-bond donors (Lipinski definition) is 0. The second-order valence-electron chi connectivity index (χ2n) is 5.11. The molecule has 0 aromatic carbocycles. The highest BCUT2D eigenvalue weighted by Crippen LogP contribution is 2.48. The number of likely N-dealkylation sites (tertiary alicyclic amines) is 1. The van der Waals surface area contributed by atoms with Crippen LogP contribution in [0, 0.1) is 5.41 Å². The first-order chi connectivity index (χ1) is 6.36. The number of rotatable bonds is 2. The minimum Gasteiger partial charge on any atom is -0.372 e. The summed E-state index contributed by atoms with van der Waals surface area (Å²) in [5.74, 6) is 0. The predicted molar refractivity (Wildman–Crippen MR) is 51.7 cm³/mol. The van der Waals surface area contributed by atoms with Crippen LogP contribution in [0.15, 0.2) is 0 Å². The topological polar surface area (TPSA) is 15.8 Å². The minimum absolute atomic E-state index is 0.593. The lowest BCUT2D eigenvalue weighted by molar-refractivity contribution is 0.0312. The minimum atomic E-state index is 0.593. The Kier molecular flexibility index (Phi) is 1.88. The summed E-state index contributed by atoms with van der Waals surface area (Å²) in [5.41, 5.74) is 0.806. The van der Waals surface area contributed by atoms with Crippen LogP contribution in [0.5, 0.6) is 0 Å². The fourth-order valence-corrected chi connectivity index (χ4v) is 2.85. The van der Waals surface area contributed by atoms with Gasteiger partial charge in [0.2, 0.25) is 0 Å². The molecule has 0 N–H and O–H groups in total. The standard InChI is InChI=1S/C11H19NO/c1-2-11(3-1)4-6-12(7-5-11)8-10-9-13-10/h10H,1-9H2. The summed E-state index contributed by atoms with van der Waals surface area (Å²) in [5, 5.41) is 0. The van der Waals surface area contributed by atoms with E-state index >= 15 is 0 Å². The molecule has 0 bridgehead atoms. The predicted octanol–water partition coefficient (Wildman–Crippen LogP) is 1.65. The van der Waals surface area contributed by atoms with E-state index in [2.05, 4.69) is 4.90 Å². The van der Waals surface area contributed by atoms with Crippen LogP contribution in [0.4, 0.5) is 0 Å². The van der Waals surface area contributed by atoms with Crippen LogP contribution in [0.1, 0.15) is 32.1 Å². The third kappa shape index (κ3) is 1.62. The van der Waals surface area contributed by atoms with E-state index in [4.69, 9.17) is 4.74 Å². The van der Waals surface area contributed by atoms with Crippen molar-refractivity contribution in [3.8, 4) is 0 Å². The SMILES string of the molecule is C1CC2(C1)CCN(CC1CO1)CC2. The van der Waals surface area contributed by atoms with Crippen molar-refractivity contribution in [2.24, 2.45) is 5.41 Å². The molecule has 2 nitrogen and oxygen atoms in total. The average Bonchev–Trinajstić information content (AvgIpc) is 2.87.